The number of benzene rings is 3. The number of nitrogens with zero attached hydrogens (tertiary/aromatic N) is 2. The number of anilines is 1. The average molecular weight is 451 g/mol. The van der Waals surface area contributed by atoms with Crippen LogP contribution >= 0.6 is 23.8 Å². The van der Waals surface area contributed by atoms with Crippen molar-refractivity contribution >= 4 is 46.6 Å². The van der Waals surface area contributed by atoms with E-state index < -0.39 is 0 Å². The van der Waals surface area contributed by atoms with Gasteiger partial charge in [-0.15, -0.1) is 0 Å². The topological polar surface area (TPSA) is 23.6 Å². The predicted molar refractivity (Wildman–Crippen MR) is 127 cm³/mol. The summed E-state index contributed by atoms with van der Waals surface area (Å²) in [6, 6.07) is 19.3. The van der Waals surface area contributed by atoms with Crippen molar-refractivity contribution in [1.82, 2.24) is 4.90 Å². The minimum absolute atomic E-state index is 0.223. The maximum atomic E-state index is 13.5. The van der Waals surface area contributed by atoms with Crippen LogP contribution in [0.2, 0.25) is 5.02 Å². The molecule has 31 heavy (non-hydrogen) atoms. The molecule has 0 N–H and O–H groups in total. The van der Waals surface area contributed by atoms with Crippen molar-refractivity contribution in [1.29, 1.82) is 0 Å². The van der Waals surface area contributed by atoms with Crippen LogP contribution in [0.1, 0.15) is 22.3 Å². The molecule has 3 aromatic carbocycles. The molecule has 1 heterocycles. The normalized spacial score (nSPS) is 15.3. The molecule has 0 saturated carbocycles. The van der Waals surface area contributed by atoms with Crippen molar-refractivity contribution in [3.05, 3.63) is 106 Å². The zero-order valence-corrected chi connectivity index (χ0v) is 18.7. The van der Waals surface area contributed by atoms with Crippen molar-refractivity contribution in [2.75, 3.05) is 4.90 Å². The largest absolute Gasteiger partial charge is 0.309 e. The van der Waals surface area contributed by atoms with Gasteiger partial charge in [-0.3, -0.25) is 9.69 Å². The molecule has 1 amide bonds. The Hall–Kier alpha value is -3.02. The molecule has 1 aliphatic heterocycles. The van der Waals surface area contributed by atoms with E-state index in [1.165, 1.54) is 12.1 Å². The summed E-state index contributed by atoms with van der Waals surface area (Å²) in [5, 5.41) is 1.01. The monoisotopic (exact) mass is 450 g/mol. The molecule has 0 radical (unpaired) electrons. The molecule has 1 aliphatic rings. The van der Waals surface area contributed by atoms with E-state index in [9.17, 15) is 9.18 Å². The number of hydrogen-bond acceptors (Lipinski definition) is 2. The first kappa shape index (κ1) is 21.2. The van der Waals surface area contributed by atoms with Gasteiger partial charge < -0.3 is 4.90 Å². The second-order valence-corrected chi connectivity index (χ2v) is 8.29. The smallest absolute Gasteiger partial charge is 0.281 e. The lowest BCUT2D eigenvalue weighted by molar-refractivity contribution is -0.114. The van der Waals surface area contributed by atoms with E-state index in [4.69, 9.17) is 23.8 Å². The van der Waals surface area contributed by atoms with Gasteiger partial charge in [0.25, 0.3) is 5.91 Å². The molecule has 3 nitrogen and oxygen atoms in total. The molecule has 6 heteroatoms. The molecule has 1 fully saturated rings. The van der Waals surface area contributed by atoms with Crippen molar-refractivity contribution < 1.29 is 9.18 Å². The van der Waals surface area contributed by atoms with Gasteiger partial charge in [-0.05, 0) is 90.8 Å². The molecule has 0 aromatic heterocycles. The van der Waals surface area contributed by atoms with Crippen LogP contribution in [0.5, 0.6) is 0 Å². The lowest BCUT2D eigenvalue weighted by Gasteiger charge is -2.21. The summed E-state index contributed by atoms with van der Waals surface area (Å²) in [6.45, 7) is 4.41. The Balaban J connectivity index is 1.78. The molecule has 0 bridgehead atoms. The van der Waals surface area contributed by atoms with E-state index in [0.717, 1.165) is 22.4 Å². The van der Waals surface area contributed by atoms with Gasteiger partial charge in [0.05, 0.1) is 12.2 Å². The Morgan fingerprint density at radius 1 is 1.00 bits per heavy atom. The molecule has 4 rings (SSSR count). The zero-order valence-electron chi connectivity index (χ0n) is 17.1. The summed E-state index contributed by atoms with van der Waals surface area (Å²) in [4.78, 5) is 16.8. The fourth-order valence-electron chi connectivity index (χ4n) is 3.46. The third-order valence-corrected chi connectivity index (χ3v) is 5.93. The van der Waals surface area contributed by atoms with Gasteiger partial charge in [0.1, 0.15) is 11.5 Å². The van der Waals surface area contributed by atoms with Crippen molar-refractivity contribution in [2.24, 2.45) is 0 Å². The number of thiocarbonyl (C=S) groups is 1. The van der Waals surface area contributed by atoms with Gasteiger partial charge in [0, 0.05) is 5.02 Å². The summed E-state index contributed by atoms with van der Waals surface area (Å²) >= 11 is 11.9. The molecular formula is C25H20ClFN2OS. The van der Waals surface area contributed by atoms with Gasteiger partial charge in [0.15, 0.2) is 5.11 Å². The number of halogens is 2. The van der Waals surface area contributed by atoms with E-state index in [-0.39, 0.29) is 11.7 Å². The van der Waals surface area contributed by atoms with Gasteiger partial charge >= 0.3 is 0 Å². The fraction of sp³-hybridized carbons (Fsp3) is 0.120. The second-order valence-electron chi connectivity index (χ2n) is 7.49. The quantitative estimate of drug-likeness (QED) is 0.345. The van der Waals surface area contributed by atoms with E-state index in [1.807, 2.05) is 50.2 Å². The highest BCUT2D eigenvalue weighted by atomic mass is 35.5. The van der Waals surface area contributed by atoms with Gasteiger partial charge in [0.2, 0.25) is 0 Å². The third-order valence-electron chi connectivity index (χ3n) is 5.29. The van der Waals surface area contributed by atoms with Crippen molar-refractivity contribution in [2.45, 2.75) is 20.4 Å². The van der Waals surface area contributed by atoms with E-state index in [1.54, 1.807) is 34.1 Å². The van der Waals surface area contributed by atoms with Crippen LogP contribution in [0, 0.1) is 19.7 Å². The van der Waals surface area contributed by atoms with Crippen molar-refractivity contribution in [3.63, 3.8) is 0 Å². The van der Waals surface area contributed by atoms with Crippen LogP contribution in [0.15, 0.2) is 72.4 Å². The number of aryl methyl sites for hydroxylation is 2. The van der Waals surface area contributed by atoms with Crippen LogP contribution in [-0.4, -0.2) is 15.9 Å². The summed E-state index contributed by atoms with van der Waals surface area (Å²) < 4.78 is 13.4. The van der Waals surface area contributed by atoms with Gasteiger partial charge in [-0.25, -0.2) is 4.39 Å². The highest BCUT2D eigenvalue weighted by Crippen LogP contribution is 2.32. The van der Waals surface area contributed by atoms with E-state index in [2.05, 4.69) is 0 Å². The number of rotatable bonds is 4. The van der Waals surface area contributed by atoms with Crippen LogP contribution in [0.25, 0.3) is 6.08 Å². The van der Waals surface area contributed by atoms with Gasteiger partial charge in [-0.1, -0.05) is 41.9 Å². The summed E-state index contributed by atoms with van der Waals surface area (Å²) in [5.74, 6) is -0.553. The maximum Gasteiger partial charge on any atom is 0.281 e. The summed E-state index contributed by atoms with van der Waals surface area (Å²) in [5.41, 5.74) is 5.00. The molecule has 3 aromatic rings. The molecule has 1 saturated heterocycles. The number of carbonyl (C=O) groups is 1. The Morgan fingerprint density at radius 2 is 1.74 bits per heavy atom. The Kier molecular flexibility index (Phi) is 5.90. The SMILES string of the molecule is Cc1ccc(N2C(=O)C(=Cc3ccc(F)cc3)N(Cc3cccc(Cl)c3)C2=S)cc1C. The lowest BCUT2D eigenvalue weighted by atomic mass is 10.1. The standard InChI is InChI=1S/C25H20ClFN2OS/c1-16-6-11-22(12-17(16)2)29-24(30)23(14-18-7-9-21(27)10-8-18)28(25(29)31)15-19-4-3-5-20(26)13-19/h3-14H,15H2,1-2H3. The molecule has 0 atom stereocenters. The first-order chi connectivity index (χ1) is 14.8. The molecule has 0 spiro atoms. The third kappa shape index (κ3) is 4.38. The number of hydrogen-bond donors (Lipinski definition) is 0. The lowest BCUT2D eigenvalue weighted by Crippen LogP contribution is -2.32. The van der Waals surface area contributed by atoms with E-state index in [0.29, 0.717) is 27.9 Å². The first-order valence-electron chi connectivity index (χ1n) is 9.78. The molecule has 0 unspecified atom stereocenters. The molecule has 0 aliphatic carbocycles. The maximum absolute atomic E-state index is 13.5. The van der Waals surface area contributed by atoms with Crippen LogP contribution in [0.3, 0.4) is 0 Å². The molecular weight excluding hydrogens is 431 g/mol. The summed E-state index contributed by atoms with van der Waals surface area (Å²) in [6.07, 6.45) is 1.74. The van der Waals surface area contributed by atoms with Gasteiger partial charge in [-0.2, -0.15) is 0 Å². The van der Waals surface area contributed by atoms with Crippen LogP contribution in [-0.2, 0) is 11.3 Å². The average Bonchev–Trinajstić information content (AvgIpc) is 2.96. The fourth-order valence-corrected chi connectivity index (χ4v) is 4.02. The Bertz CT molecular complexity index is 1210. The Morgan fingerprint density at radius 3 is 2.42 bits per heavy atom. The van der Waals surface area contributed by atoms with Crippen molar-refractivity contribution in [3.8, 4) is 0 Å². The minimum atomic E-state index is -0.331. The Labute approximate surface area is 191 Å². The number of carbonyl (C=O) groups excluding carboxylic acids is 1. The van der Waals surface area contributed by atoms with E-state index >= 15 is 0 Å². The second kappa shape index (κ2) is 8.61. The predicted octanol–water partition coefficient (Wildman–Crippen LogP) is 6.27. The summed E-state index contributed by atoms with van der Waals surface area (Å²) in [7, 11) is 0. The number of amides is 1. The first-order valence-corrected chi connectivity index (χ1v) is 10.6. The highest BCUT2D eigenvalue weighted by Gasteiger charge is 2.39. The zero-order chi connectivity index (χ0) is 22.1. The molecule has 156 valence electrons. The highest BCUT2D eigenvalue weighted by molar-refractivity contribution is 7.80. The van der Waals surface area contributed by atoms with Crippen LogP contribution in [0.4, 0.5) is 10.1 Å². The minimum Gasteiger partial charge on any atom is -0.309 e. The van der Waals surface area contributed by atoms with Crippen LogP contribution < -0.4 is 4.90 Å².